The number of benzene rings is 3. The average molecular weight is 313 g/mol. The van der Waals surface area contributed by atoms with E-state index in [1.165, 1.54) is 10.8 Å². The minimum absolute atomic E-state index is 0.174. The maximum absolute atomic E-state index is 5.91. The summed E-state index contributed by atoms with van der Waals surface area (Å²) in [6.07, 6.45) is 1.84. The van der Waals surface area contributed by atoms with E-state index in [4.69, 9.17) is 11.5 Å². The van der Waals surface area contributed by atoms with E-state index in [0.29, 0.717) is 11.3 Å². The van der Waals surface area contributed by atoms with Gasteiger partial charge in [-0.05, 0) is 40.6 Å². The minimum atomic E-state index is 0.174. The summed E-state index contributed by atoms with van der Waals surface area (Å²) in [5.74, 6) is 0.535. The van der Waals surface area contributed by atoms with Gasteiger partial charge < -0.3 is 11.5 Å². The van der Waals surface area contributed by atoms with Crippen LogP contribution in [0.25, 0.3) is 21.7 Å². The SMILES string of the molecule is Nc1nc(N)c2cc(/N=C\c3ccc4ccccc4c3)ccc2n1. The first kappa shape index (κ1) is 14.1. The second-order valence-corrected chi connectivity index (χ2v) is 5.53. The molecule has 4 N–H and O–H groups in total. The molecule has 5 nitrogen and oxygen atoms in total. The average Bonchev–Trinajstić information content (AvgIpc) is 2.60. The summed E-state index contributed by atoms with van der Waals surface area (Å²) in [4.78, 5) is 12.7. The molecule has 3 aromatic carbocycles. The van der Waals surface area contributed by atoms with Gasteiger partial charge in [0.2, 0.25) is 5.95 Å². The van der Waals surface area contributed by atoms with Crippen molar-refractivity contribution in [3.63, 3.8) is 0 Å². The zero-order valence-corrected chi connectivity index (χ0v) is 12.8. The molecule has 0 saturated heterocycles. The van der Waals surface area contributed by atoms with Crippen LogP contribution >= 0.6 is 0 Å². The van der Waals surface area contributed by atoms with Crippen molar-refractivity contribution < 1.29 is 0 Å². The number of fused-ring (bicyclic) bond motifs is 2. The van der Waals surface area contributed by atoms with Gasteiger partial charge in [0.15, 0.2) is 0 Å². The van der Waals surface area contributed by atoms with Crippen molar-refractivity contribution in [1.82, 2.24) is 9.97 Å². The molecule has 0 bridgehead atoms. The van der Waals surface area contributed by atoms with Crippen molar-refractivity contribution >= 4 is 45.3 Å². The Balaban J connectivity index is 1.70. The first-order valence-corrected chi connectivity index (χ1v) is 7.55. The van der Waals surface area contributed by atoms with Crippen LogP contribution in [0.15, 0.2) is 65.7 Å². The molecule has 4 aromatic rings. The van der Waals surface area contributed by atoms with Crippen LogP contribution in [0.1, 0.15) is 5.56 Å². The fourth-order valence-electron chi connectivity index (χ4n) is 2.68. The number of nitrogens with two attached hydrogens (primary N) is 2. The summed E-state index contributed by atoms with van der Waals surface area (Å²) >= 11 is 0. The first-order valence-electron chi connectivity index (χ1n) is 7.55. The molecule has 0 atom stereocenters. The zero-order valence-electron chi connectivity index (χ0n) is 12.8. The molecular weight excluding hydrogens is 298 g/mol. The lowest BCUT2D eigenvalue weighted by atomic mass is 10.1. The highest BCUT2D eigenvalue weighted by molar-refractivity contribution is 5.94. The van der Waals surface area contributed by atoms with Crippen molar-refractivity contribution in [1.29, 1.82) is 0 Å². The van der Waals surface area contributed by atoms with Crippen LogP contribution in [-0.2, 0) is 0 Å². The summed E-state index contributed by atoms with van der Waals surface area (Å²) < 4.78 is 0. The molecule has 4 rings (SSSR count). The van der Waals surface area contributed by atoms with Gasteiger partial charge in [-0.25, -0.2) is 4.98 Å². The van der Waals surface area contributed by atoms with E-state index in [2.05, 4.69) is 39.2 Å². The Hall–Kier alpha value is -3.47. The van der Waals surface area contributed by atoms with Crippen molar-refractivity contribution in [2.45, 2.75) is 0 Å². The standard InChI is InChI=1S/C19H15N5/c20-18-16-10-15(7-8-17(16)23-19(21)24-18)22-11-12-5-6-13-3-1-2-4-14(13)9-12/h1-11H,(H4,20,21,23,24)/b22-11-. The molecule has 0 unspecified atom stereocenters. The number of aromatic nitrogens is 2. The number of nitrogens with zero attached hydrogens (tertiary/aromatic N) is 3. The number of anilines is 2. The maximum atomic E-state index is 5.91. The summed E-state index contributed by atoms with van der Waals surface area (Å²) in [5.41, 5.74) is 14.1. The van der Waals surface area contributed by atoms with Crippen LogP contribution in [0.4, 0.5) is 17.5 Å². The molecule has 0 radical (unpaired) electrons. The highest BCUT2D eigenvalue weighted by Crippen LogP contribution is 2.24. The third-order valence-electron chi connectivity index (χ3n) is 3.86. The van der Waals surface area contributed by atoms with Gasteiger partial charge in [-0.2, -0.15) is 4.98 Å². The van der Waals surface area contributed by atoms with Crippen LogP contribution in [0.5, 0.6) is 0 Å². The summed E-state index contributed by atoms with van der Waals surface area (Å²) in [6, 6.07) is 20.1. The number of nitrogen functional groups attached to an aromatic ring is 2. The summed E-state index contributed by atoms with van der Waals surface area (Å²) in [5, 5.41) is 3.15. The van der Waals surface area contributed by atoms with E-state index in [-0.39, 0.29) is 5.95 Å². The highest BCUT2D eigenvalue weighted by atomic mass is 15.0. The molecule has 1 heterocycles. The summed E-state index contributed by atoms with van der Waals surface area (Å²) in [6.45, 7) is 0. The van der Waals surface area contributed by atoms with Gasteiger partial charge in [-0.1, -0.05) is 36.4 Å². The highest BCUT2D eigenvalue weighted by Gasteiger charge is 2.04. The molecule has 0 fully saturated rings. The van der Waals surface area contributed by atoms with E-state index in [1.54, 1.807) is 0 Å². The Labute approximate surface area is 138 Å². The smallest absolute Gasteiger partial charge is 0.222 e. The molecule has 0 spiro atoms. The van der Waals surface area contributed by atoms with Gasteiger partial charge in [0.05, 0.1) is 11.2 Å². The van der Waals surface area contributed by atoms with Crippen molar-refractivity contribution in [3.8, 4) is 0 Å². The quantitative estimate of drug-likeness (QED) is 0.552. The normalized spacial score (nSPS) is 11.5. The minimum Gasteiger partial charge on any atom is -0.383 e. The molecule has 24 heavy (non-hydrogen) atoms. The van der Waals surface area contributed by atoms with Gasteiger partial charge in [0.25, 0.3) is 0 Å². The molecular formula is C19H15N5. The van der Waals surface area contributed by atoms with Gasteiger partial charge in [-0.3, -0.25) is 4.99 Å². The largest absolute Gasteiger partial charge is 0.383 e. The second-order valence-electron chi connectivity index (χ2n) is 5.53. The molecule has 0 aliphatic carbocycles. The Morgan fingerprint density at radius 3 is 2.54 bits per heavy atom. The predicted octanol–water partition coefficient (Wildman–Crippen LogP) is 3.70. The van der Waals surface area contributed by atoms with E-state index in [1.807, 2.05) is 42.6 Å². The molecule has 116 valence electrons. The fraction of sp³-hybridized carbons (Fsp3) is 0. The van der Waals surface area contributed by atoms with Gasteiger partial charge >= 0.3 is 0 Å². The molecule has 0 amide bonds. The van der Waals surface area contributed by atoms with Crippen LogP contribution in [0, 0.1) is 0 Å². The van der Waals surface area contributed by atoms with Gasteiger partial charge in [0, 0.05) is 11.6 Å². The topological polar surface area (TPSA) is 90.2 Å². The first-order chi connectivity index (χ1) is 11.7. The predicted molar refractivity (Wildman–Crippen MR) is 99.6 cm³/mol. The van der Waals surface area contributed by atoms with Crippen LogP contribution < -0.4 is 11.5 Å². The number of rotatable bonds is 2. The van der Waals surface area contributed by atoms with E-state index in [9.17, 15) is 0 Å². The Kier molecular flexibility index (Phi) is 3.31. The third kappa shape index (κ3) is 2.63. The number of hydrogen-bond donors (Lipinski definition) is 2. The molecule has 0 aliphatic rings. The van der Waals surface area contributed by atoms with Crippen LogP contribution in [-0.4, -0.2) is 16.2 Å². The lowest BCUT2D eigenvalue weighted by molar-refractivity contribution is 1.24. The van der Waals surface area contributed by atoms with E-state index >= 15 is 0 Å². The van der Waals surface area contributed by atoms with E-state index in [0.717, 1.165) is 16.6 Å². The van der Waals surface area contributed by atoms with Crippen LogP contribution in [0.3, 0.4) is 0 Å². The Morgan fingerprint density at radius 2 is 1.67 bits per heavy atom. The molecule has 0 saturated carbocycles. The number of hydrogen-bond acceptors (Lipinski definition) is 5. The zero-order chi connectivity index (χ0) is 16.5. The van der Waals surface area contributed by atoms with Crippen molar-refractivity contribution in [2.24, 2.45) is 4.99 Å². The Bertz CT molecular complexity index is 1090. The third-order valence-corrected chi connectivity index (χ3v) is 3.86. The second kappa shape index (κ2) is 5.62. The molecule has 1 aromatic heterocycles. The maximum Gasteiger partial charge on any atom is 0.222 e. The van der Waals surface area contributed by atoms with Gasteiger partial charge in [0.1, 0.15) is 5.82 Å². The lowest BCUT2D eigenvalue weighted by Crippen LogP contribution is -2.00. The monoisotopic (exact) mass is 313 g/mol. The molecule has 0 aliphatic heterocycles. The van der Waals surface area contributed by atoms with Gasteiger partial charge in [-0.15, -0.1) is 0 Å². The summed E-state index contributed by atoms with van der Waals surface area (Å²) in [7, 11) is 0. The molecule has 5 heteroatoms. The van der Waals surface area contributed by atoms with Crippen LogP contribution in [0.2, 0.25) is 0 Å². The Morgan fingerprint density at radius 1 is 0.833 bits per heavy atom. The fourth-order valence-corrected chi connectivity index (χ4v) is 2.68. The number of aliphatic imine (C=N–C) groups is 1. The van der Waals surface area contributed by atoms with Crippen molar-refractivity contribution in [2.75, 3.05) is 11.5 Å². The van der Waals surface area contributed by atoms with Crippen molar-refractivity contribution in [3.05, 3.63) is 66.2 Å². The van der Waals surface area contributed by atoms with E-state index < -0.39 is 0 Å². The lowest BCUT2D eigenvalue weighted by Gasteiger charge is -2.03.